The van der Waals surface area contributed by atoms with Crippen molar-refractivity contribution in [2.75, 3.05) is 13.1 Å². The first-order chi connectivity index (χ1) is 14.1. The molecule has 1 aromatic heterocycles. The average molecular weight is 431 g/mol. The fourth-order valence-electron chi connectivity index (χ4n) is 3.59. The molecule has 7 nitrogen and oxygen atoms in total. The minimum Gasteiger partial charge on any atom is -0.475 e. The Labute approximate surface area is 169 Å². The highest BCUT2D eigenvalue weighted by Gasteiger charge is 2.41. The Morgan fingerprint density at radius 2 is 1.97 bits per heavy atom. The molecule has 0 spiro atoms. The molecule has 2 aliphatic heterocycles. The van der Waals surface area contributed by atoms with Gasteiger partial charge in [0.2, 0.25) is 0 Å². The second-order valence-corrected chi connectivity index (χ2v) is 7.29. The highest BCUT2D eigenvalue weighted by Crippen LogP contribution is 2.40. The third kappa shape index (κ3) is 5.76. The number of fused-ring (bicyclic) bond motifs is 1. The number of likely N-dealkylation sites (tertiary alicyclic amines) is 1. The smallest absolute Gasteiger partial charge is 0.475 e. The van der Waals surface area contributed by atoms with E-state index in [4.69, 9.17) is 19.2 Å². The number of carbonyl (C=O) groups is 1. The van der Waals surface area contributed by atoms with Crippen LogP contribution in [0.5, 0.6) is 0 Å². The molecule has 2 saturated heterocycles. The molecule has 3 heterocycles. The van der Waals surface area contributed by atoms with Crippen LogP contribution in [0.1, 0.15) is 36.2 Å². The molecule has 11 heteroatoms. The molecule has 0 bridgehead atoms. The van der Waals surface area contributed by atoms with E-state index in [0.717, 1.165) is 38.0 Å². The largest absolute Gasteiger partial charge is 0.490 e. The number of carboxylic acids is 1. The van der Waals surface area contributed by atoms with Gasteiger partial charge in [-0.3, -0.25) is 4.90 Å². The van der Waals surface area contributed by atoms with Gasteiger partial charge in [0, 0.05) is 13.1 Å². The van der Waals surface area contributed by atoms with Crippen LogP contribution in [0.3, 0.4) is 0 Å². The molecule has 0 amide bonds. The zero-order chi connectivity index (χ0) is 21.9. The third-order valence-electron chi connectivity index (χ3n) is 5.02. The summed E-state index contributed by atoms with van der Waals surface area (Å²) in [4.78, 5) is 15.6. The molecule has 0 unspecified atom stereocenters. The maximum atomic E-state index is 13.0. The number of nitrogens with zero attached hydrogens (tertiary/aromatic N) is 3. The lowest BCUT2D eigenvalue weighted by Gasteiger charge is -2.34. The summed E-state index contributed by atoms with van der Waals surface area (Å²) in [5.74, 6) is -1.15. The van der Waals surface area contributed by atoms with Crippen molar-refractivity contribution in [2.45, 2.75) is 44.7 Å². The summed E-state index contributed by atoms with van der Waals surface area (Å²) >= 11 is 0. The van der Waals surface area contributed by atoms with Crippen LogP contribution in [0.2, 0.25) is 0 Å². The molecule has 2 aliphatic rings. The van der Waals surface area contributed by atoms with Gasteiger partial charge in [-0.1, -0.05) is 17.3 Å². The van der Waals surface area contributed by atoms with E-state index in [1.54, 1.807) is 0 Å². The number of alkyl halides is 3. The topological polar surface area (TPSA) is 88.7 Å². The molecular formula is C19H21F4N3O4. The van der Waals surface area contributed by atoms with Gasteiger partial charge in [-0.05, 0) is 49.9 Å². The summed E-state index contributed by atoms with van der Waals surface area (Å²) in [6.45, 7) is 4.58. The number of benzene rings is 1. The van der Waals surface area contributed by atoms with Gasteiger partial charge in [-0.2, -0.15) is 18.2 Å². The van der Waals surface area contributed by atoms with E-state index >= 15 is 0 Å². The first-order valence-electron chi connectivity index (χ1n) is 9.34. The number of halogens is 4. The van der Waals surface area contributed by atoms with E-state index in [2.05, 4.69) is 15.0 Å². The lowest BCUT2D eigenvalue weighted by molar-refractivity contribution is -0.192. The number of aliphatic carboxylic acids is 1. The van der Waals surface area contributed by atoms with E-state index in [0.29, 0.717) is 17.6 Å². The Morgan fingerprint density at radius 3 is 2.53 bits per heavy atom. The van der Waals surface area contributed by atoms with Crippen LogP contribution >= 0.6 is 0 Å². The van der Waals surface area contributed by atoms with Gasteiger partial charge in [0.15, 0.2) is 5.82 Å². The van der Waals surface area contributed by atoms with Crippen molar-refractivity contribution in [1.82, 2.24) is 15.0 Å². The predicted octanol–water partition coefficient (Wildman–Crippen LogP) is 3.50. The number of carboxylic acid groups (broad SMARTS) is 1. The number of rotatable bonds is 3. The lowest BCUT2D eigenvalue weighted by Crippen LogP contribution is -2.41. The van der Waals surface area contributed by atoms with Gasteiger partial charge in [0.05, 0.1) is 6.10 Å². The summed E-state index contributed by atoms with van der Waals surface area (Å²) in [5.41, 5.74) is 1.13. The third-order valence-corrected chi connectivity index (χ3v) is 5.02. The molecule has 164 valence electrons. The maximum absolute atomic E-state index is 13.0. The minimum atomic E-state index is -5.08. The second kappa shape index (κ2) is 9.09. The van der Waals surface area contributed by atoms with Crippen molar-refractivity contribution in [2.24, 2.45) is 5.92 Å². The van der Waals surface area contributed by atoms with Crippen molar-refractivity contribution >= 4 is 5.97 Å². The second-order valence-electron chi connectivity index (χ2n) is 7.29. The zero-order valence-corrected chi connectivity index (χ0v) is 16.1. The summed E-state index contributed by atoms with van der Waals surface area (Å²) in [6, 6.07) is 6.73. The number of hydrogen-bond acceptors (Lipinski definition) is 6. The first-order valence-corrected chi connectivity index (χ1v) is 9.34. The Morgan fingerprint density at radius 1 is 1.30 bits per heavy atom. The van der Waals surface area contributed by atoms with Gasteiger partial charge in [-0.25, -0.2) is 9.18 Å². The molecule has 4 rings (SSSR count). The predicted molar refractivity (Wildman–Crippen MR) is 94.7 cm³/mol. The molecule has 2 fully saturated rings. The van der Waals surface area contributed by atoms with Crippen LogP contribution in [0.15, 0.2) is 28.8 Å². The molecule has 1 aromatic carbocycles. The van der Waals surface area contributed by atoms with Crippen LogP contribution in [0.25, 0.3) is 0 Å². The monoisotopic (exact) mass is 431 g/mol. The molecule has 0 aliphatic carbocycles. The van der Waals surface area contributed by atoms with Crippen molar-refractivity contribution < 1.29 is 36.7 Å². The van der Waals surface area contributed by atoms with Crippen molar-refractivity contribution in [3.63, 3.8) is 0 Å². The summed E-state index contributed by atoms with van der Waals surface area (Å²) in [7, 11) is 0. The van der Waals surface area contributed by atoms with E-state index in [9.17, 15) is 17.6 Å². The molecule has 1 N–H and O–H groups in total. The molecule has 30 heavy (non-hydrogen) atoms. The molecule has 0 saturated carbocycles. The first kappa shape index (κ1) is 22.2. The van der Waals surface area contributed by atoms with Crippen LogP contribution in [0, 0.1) is 18.7 Å². The standard InChI is InChI=1S/C17H20FN3O2.C2HF3O2/c1-11-19-17(23-20-11)15-8-13-6-7-21(10-16(13)22-15)9-12-2-4-14(18)5-3-12;3-2(4,5)1(6)7/h2-5,13,15-16H,6-10H2,1H3;(H,6,7)/t13-,15-,16+;/m0./s1. The fourth-order valence-corrected chi connectivity index (χ4v) is 3.59. The lowest BCUT2D eigenvalue weighted by atomic mass is 9.91. The van der Waals surface area contributed by atoms with E-state index < -0.39 is 12.1 Å². The number of aromatic nitrogens is 2. The SMILES string of the molecule is Cc1noc([C@@H]2C[C@@H]3CCN(Cc4ccc(F)cc4)C[C@H]3O2)n1.O=C(O)C(F)(F)F. The van der Waals surface area contributed by atoms with Crippen LogP contribution in [-0.2, 0) is 16.1 Å². The van der Waals surface area contributed by atoms with Gasteiger partial charge >= 0.3 is 12.1 Å². The minimum absolute atomic E-state index is 0.0722. The number of aryl methyl sites for hydroxylation is 1. The molecule has 2 aromatic rings. The van der Waals surface area contributed by atoms with Gasteiger partial charge < -0.3 is 14.4 Å². The molecule has 0 radical (unpaired) electrons. The van der Waals surface area contributed by atoms with E-state index in [1.165, 1.54) is 12.1 Å². The van der Waals surface area contributed by atoms with Crippen LogP contribution in [0.4, 0.5) is 17.6 Å². The Hall–Kier alpha value is -2.53. The maximum Gasteiger partial charge on any atom is 0.490 e. The normalized spacial score (nSPS) is 24.1. The van der Waals surface area contributed by atoms with Gasteiger partial charge in [0.1, 0.15) is 11.9 Å². The summed E-state index contributed by atoms with van der Waals surface area (Å²) in [6.07, 6.45) is -2.88. The fraction of sp³-hybridized carbons (Fsp3) is 0.526. The van der Waals surface area contributed by atoms with Crippen molar-refractivity contribution in [3.8, 4) is 0 Å². The van der Waals surface area contributed by atoms with Crippen LogP contribution < -0.4 is 0 Å². The van der Waals surface area contributed by atoms with E-state index in [1.807, 2.05) is 19.1 Å². The van der Waals surface area contributed by atoms with Gasteiger partial charge in [-0.15, -0.1) is 0 Å². The number of ether oxygens (including phenoxy) is 1. The quantitative estimate of drug-likeness (QED) is 0.744. The highest BCUT2D eigenvalue weighted by atomic mass is 19.4. The Balaban J connectivity index is 0.000000318. The summed E-state index contributed by atoms with van der Waals surface area (Å²) < 4.78 is 56.1. The Bertz CT molecular complexity index is 856. The van der Waals surface area contributed by atoms with Crippen molar-refractivity contribution in [3.05, 3.63) is 47.4 Å². The Kier molecular flexibility index (Phi) is 6.71. The highest BCUT2D eigenvalue weighted by molar-refractivity contribution is 5.73. The number of piperidine rings is 1. The number of hydrogen-bond donors (Lipinski definition) is 1. The average Bonchev–Trinajstić information content (AvgIpc) is 3.29. The molecule has 3 atom stereocenters. The summed E-state index contributed by atoms with van der Waals surface area (Å²) in [5, 5.41) is 11.0. The van der Waals surface area contributed by atoms with Crippen LogP contribution in [-0.4, -0.2) is 51.5 Å². The van der Waals surface area contributed by atoms with Gasteiger partial charge in [0.25, 0.3) is 5.89 Å². The zero-order valence-electron chi connectivity index (χ0n) is 16.1. The van der Waals surface area contributed by atoms with Crippen molar-refractivity contribution in [1.29, 1.82) is 0 Å². The molecular weight excluding hydrogens is 410 g/mol. The van der Waals surface area contributed by atoms with E-state index in [-0.39, 0.29) is 18.0 Å².